The Balaban J connectivity index is 3.46. The number of hydrogen-bond donors (Lipinski definition) is 0. The van der Waals surface area contributed by atoms with Gasteiger partial charge in [0, 0.05) is 5.92 Å². The predicted octanol–water partition coefficient (Wildman–Crippen LogP) is 3.00. The summed E-state index contributed by atoms with van der Waals surface area (Å²) < 4.78 is 0. The largest absolute Gasteiger partial charge is 0.106 e. The second kappa shape index (κ2) is 5.11. The van der Waals surface area contributed by atoms with Crippen LogP contribution in [0.5, 0.6) is 0 Å². The lowest BCUT2D eigenvalue weighted by atomic mass is 10.0. The molecule has 0 heterocycles. The van der Waals surface area contributed by atoms with Crippen molar-refractivity contribution in [2.24, 2.45) is 5.92 Å². The Morgan fingerprint density at radius 2 is 2.20 bits per heavy atom. The van der Waals surface area contributed by atoms with Gasteiger partial charge in [-0.15, -0.1) is 18.4 Å². The van der Waals surface area contributed by atoms with E-state index in [1.54, 1.807) is 0 Å². The highest BCUT2D eigenvalue weighted by atomic mass is 14.0. The Labute approximate surface area is 64.3 Å². The highest BCUT2D eigenvalue weighted by molar-refractivity contribution is 5.00. The van der Waals surface area contributed by atoms with Gasteiger partial charge in [0.1, 0.15) is 0 Å². The molecule has 0 aliphatic carbocycles. The van der Waals surface area contributed by atoms with Crippen LogP contribution in [0.1, 0.15) is 33.6 Å². The Bertz CT molecular complexity index is 155. The van der Waals surface area contributed by atoms with Gasteiger partial charge in [-0.2, -0.15) is 0 Å². The van der Waals surface area contributed by atoms with E-state index in [1.807, 2.05) is 6.92 Å². The van der Waals surface area contributed by atoms with E-state index in [4.69, 9.17) is 0 Å². The van der Waals surface area contributed by atoms with Gasteiger partial charge in [-0.25, -0.2) is 0 Å². The molecule has 0 heteroatoms. The van der Waals surface area contributed by atoms with Crippen LogP contribution in [0.3, 0.4) is 0 Å². The summed E-state index contributed by atoms with van der Waals surface area (Å²) in [7, 11) is 0. The van der Waals surface area contributed by atoms with Gasteiger partial charge in [0.2, 0.25) is 0 Å². The molecule has 0 aromatic heterocycles. The highest BCUT2D eigenvalue weighted by Gasteiger charge is 1.95. The van der Waals surface area contributed by atoms with Gasteiger partial charge in [0.15, 0.2) is 0 Å². The number of hydrogen-bond acceptors (Lipinski definition) is 0. The van der Waals surface area contributed by atoms with E-state index in [1.165, 1.54) is 5.57 Å². The molecule has 56 valence electrons. The van der Waals surface area contributed by atoms with Crippen molar-refractivity contribution in [2.75, 3.05) is 0 Å². The van der Waals surface area contributed by atoms with Crippen LogP contribution >= 0.6 is 0 Å². The Hall–Kier alpha value is -0.700. The van der Waals surface area contributed by atoms with Crippen LogP contribution in [-0.4, -0.2) is 0 Å². The van der Waals surface area contributed by atoms with E-state index in [2.05, 4.69) is 32.3 Å². The number of rotatable bonds is 3. The fourth-order valence-corrected chi connectivity index (χ4v) is 0.781. The Kier molecular flexibility index (Phi) is 4.76. The highest BCUT2D eigenvalue weighted by Crippen LogP contribution is 2.08. The van der Waals surface area contributed by atoms with Crippen molar-refractivity contribution in [2.45, 2.75) is 33.6 Å². The van der Waals surface area contributed by atoms with Crippen LogP contribution in [0, 0.1) is 17.8 Å². The quantitative estimate of drug-likeness (QED) is 0.413. The van der Waals surface area contributed by atoms with Crippen molar-refractivity contribution in [3.8, 4) is 11.8 Å². The lowest BCUT2D eigenvalue weighted by Gasteiger charge is -2.01. The summed E-state index contributed by atoms with van der Waals surface area (Å²) in [5.74, 6) is 6.55. The molecule has 0 aliphatic rings. The van der Waals surface area contributed by atoms with Crippen molar-refractivity contribution < 1.29 is 0 Å². The van der Waals surface area contributed by atoms with Gasteiger partial charge < -0.3 is 0 Å². The smallest absolute Gasteiger partial charge is 0.0177 e. The van der Waals surface area contributed by atoms with E-state index < -0.39 is 0 Å². The van der Waals surface area contributed by atoms with E-state index in [0.29, 0.717) is 5.92 Å². The SMILES string of the molecule is C=C(C)CCC(C)C#CC. The minimum Gasteiger partial charge on any atom is -0.106 e. The lowest BCUT2D eigenvalue weighted by Crippen LogP contribution is -1.89. The zero-order valence-electron chi connectivity index (χ0n) is 7.20. The molecule has 0 nitrogen and oxygen atoms in total. The molecule has 10 heavy (non-hydrogen) atoms. The van der Waals surface area contributed by atoms with Gasteiger partial charge in [-0.3, -0.25) is 0 Å². The van der Waals surface area contributed by atoms with Crippen molar-refractivity contribution in [3.63, 3.8) is 0 Å². The predicted molar refractivity (Wildman–Crippen MR) is 46.7 cm³/mol. The van der Waals surface area contributed by atoms with Crippen LogP contribution < -0.4 is 0 Å². The van der Waals surface area contributed by atoms with Gasteiger partial charge in [-0.1, -0.05) is 12.5 Å². The minimum atomic E-state index is 0.529. The van der Waals surface area contributed by atoms with Crippen molar-refractivity contribution in [1.82, 2.24) is 0 Å². The molecule has 0 saturated heterocycles. The van der Waals surface area contributed by atoms with E-state index >= 15 is 0 Å². The Morgan fingerprint density at radius 3 is 2.60 bits per heavy atom. The first-order valence-electron chi connectivity index (χ1n) is 3.73. The fourth-order valence-electron chi connectivity index (χ4n) is 0.781. The van der Waals surface area contributed by atoms with Crippen LogP contribution in [-0.2, 0) is 0 Å². The van der Waals surface area contributed by atoms with Crippen LogP contribution in [0.2, 0.25) is 0 Å². The third-order valence-corrected chi connectivity index (χ3v) is 1.39. The summed E-state index contributed by atoms with van der Waals surface area (Å²) in [6.45, 7) is 9.94. The maximum absolute atomic E-state index is 3.84. The van der Waals surface area contributed by atoms with Crippen molar-refractivity contribution in [1.29, 1.82) is 0 Å². The molecule has 0 N–H and O–H groups in total. The lowest BCUT2D eigenvalue weighted by molar-refractivity contribution is 0.665. The third kappa shape index (κ3) is 5.44. The van der Waals surface area contributed by atoms with Gasteiger partial charge in [-0.05, 0) is 26.7 Å². The standard InChI is InChI=1S/C10H16/c1-5-6-10(4)8-7-9(2)3/h10H,2,7-8H2,1,3-4H3. The average molecular weight is 136 g/mol. The summed E-state index contributed by atoms with van der Waals surface area (Å²) in [5.41, 5.74) is 1.25. The molecule has 0 aromatic carbocycles. The normalized spacial score (nSPS) is 11.5. The number of allylic oxidation sites excluding steroid dienone is 1. The second-order valence-electron chi connectivity index (χ2n) is 2.79. The van der Waals surface area contributed by atoms with Crippen molar-refractivity contribution >= 4 is 0 Å². The zero-order valence-corrected chi connectivity index (χ0v) is 7.20. The van der Waals surface area contributed by atoms with E-state index in [0.717, 1.165) is 12.8 Å². The molecule has 0 saturated carbocycles. The average Bonchev–Trinajstić information content (AvgIpc) is 1.85. The van der Waals surface area contributed by atoms with Gasteiger partial charge in [0.05, 0.1) is 0 Å². The zero-order chi connectivity index (χ0) is 7.98. The Morgan fingerprint density at radius 1 is 1.60 bits per heavy atom. The third-order valence-electron chi connectivity index (χ3n) is 1.39. The molecular weight excluding hydrogens is 120 g/mol. The first-order chi connectivity index (χ1) is 4.66. The minimum absolute atomic E-state index is 0.529. The summed E-state index contributed by atoms with van der Waals surface area (Å²) in [6, 6.07) is 0. The van der Waals surface area contributed by atoms with Crippen LogP contribution in [0.15, 0.2) is 12.2 Å². The first kappa shape index (κ1) is 9.30. The molecular formula is C10H16. The topological polar surface area (TPSA) is 0 Å². The monoisotopic (exact) mass is 136 g/mol. The summed E-state index contributed by atoms with van der Waals surface area (Å²) in [4.78, 5) is 0. The fraction of sp³-hybridized carbons (Fsp3) is 0.600. The van der Waals surface area contributed by atoms with Crippen LogP contribution in [0.25, 0.3) is 0 Å². The second-order valence-corrected chi connectivity index (χ2v) is 2.79. The molecule has 0 spiro atoms. The van der Waals surface area contributed by atoms with Gasteiger partial charge in [0.25, 0.3) is 0 Å². The molecule has 0 bridgehead atoms. The molecule has 0 radical (unpaired) electrons. The molecule has 0 rings (SSSR count). The summed E-state index contributed by atoms with van der Waals surface area (Å²) >= 11 is 0. The van der Waals surface area contributed by atoms with E-state index in [9.17, 15) is 0 Å². The molecule has 0 fully saturated rings. The maximum atomic E-state index is 3.84. The van der Waals surface area contributed by atoms with Gasteiger partial charge >= 0.3 is 0 Å². The van der Waals surface area contributed by atoms with Crippen molar-refractivity contribution in [3.05, 3.63) is 12.2 Å². The summed E-state index contributed by atoms with van der Waals surface area (Å²) in [6.07, 6.45) is 2.26. The molecule has 0 aliphatic heterocycles. The maximum Gasteiger partial charge on any atom is 0.0177 e. The molecule has 1 unspecified atom stereocenters. The molecule has 1 atom stereocenters. The first-order valence-corrected chi connectivity index (χ1v) is 3.73. The molecule has 0 amide bonds. The molecule has 0 aromatic rings. The van der Waals surface area contributed by atoms with Crippen LogP contribution in [0.4, 0.5) is 0 Å². The van der Waals surface area contributed by atoms with E-state index in [-0.39, 0.29) is 0 Å². The summed E-state index contributed by atoms with van der Waals surface area (Å²) in [5, 5.41) is 0.